The van der Waals surface area contributed by atoms with Crippen LogP contribution in [-0.2, 0) is 17.6 Å². The van der Waals surface area contributed by atoms with Crippen molar-refractivity contribution in [3.63, 3.8) is 0 Å². The number of fused-ring (bicyclic) bond motifs is 2. The van der Waals surface area contributed by atoms with E-state index in [9.17, 15) is 4.79 Å². The molecule has 2 amide bonds. The predicted molar refractivity (Wildman–Crippen MR) is 141 cm³/mol. The van der Waals surface area contributed by atoms with Gasteiger partial charge in [-0.3, -0.25) is 5.43 Å². The van der Waals surface area contributed by atoms with E-state index in [0.717, 1.165) is 53.0 Å². The molecule has 1 aromatic heterocycles. The molecule has 1 atom stereocenters. The third kappa shape index (κ3) is 5.33. The van der Waals surface area contributed by atoms with Crippen LogP contribution >= 0.6 is 0 Å². The van der Waals surface area contributed by atoms with Crippen molar-refractivity contribution in [2.24, 2.45) is 0 Å². The van der Waals surface area contributed by atoms with Crippen molar-refractivity contribution in [2.75, 3.05) is 53.7 Å². The van der Waals surface area contributed by atoms with Gasteiger partial charge in [0.05, 0.1) is 40.1 Å². The van der Waals surface area contributed by atoms with E-state index < -0.39 is 0 Å². The molecule has 2 aliphatic heterocycles. The topological polar surface area (TPSA) is 88.3 Å². The highest BCUT2D eigenvalue weighted by molar-refractivity contribution is 5.84. The maximum atomic E-state index is 13.1. The van der Waals surface area contributed by atoms with E-state index in [1.807, 2.05) is 24.0 Å². The van der Waals surface area contributed by atoms with Crippen molar-refractivity contribution in [1.29, 1.82) is 0 Å². The Hall–Kier alpha value is -3.43. The average molecular weight is 509 g/mol. The van der Waals surface area contributed by atoms with Gasteiger partial charge in [0.1, 0.15) is 5.75 Å². The number of benzene rings is 2. The summed E-state index contributed by atoms with van der Waals surface area (Å²) < 4.78 is 22.4. The highest BCUT2D eigenvalue weighted by Gasteiger charge is 2.31. The van der Waals surface area contributed by atoms with Gasteiger partial charge in [0.2, 0.25) is 0 Å². The second kappa shape index (κ2) is 11.3. The van der Waals surface area contributed by atoms with Gasteiger partial charge in [0.25, 0.3) is 0 Å². The molecule has 198 valence electrons. The Balaban J connectivity index is 1.44. The molecule has 2 aliphatic rings. The lowest BCUT2D eigenvalue weighted by atomic mass is 9.89. The van der Waals surface area contributed by atoms with Gasteiger partial charge in [-0.25, -0.2) is 9.80 Å². The first-order valence-electron chi connectivity index (χ1n) is 13.0. The number of aromatic nitrogens is 1. The summed E-state index contributed by atoms with van der Waals surface area (Å²) in [7, 11) is 3.36. The number of ether oxygens (including phenoxy) is 4. The van der Waals surface area contributed by atoms with E-state index in [1.54, 1.807) is 14.2 Å². The molecule has 3 heterocycles. The number of H-pyrrole nitrogens is 1. The van der Waals surface area contributed by atoms with Crippen LogP contribution in [-0.4, -0.2) is 74.6 Å². The third-order valence-electron chi connectivity index (χ3n) is 7.28. The highest BCUT2D eigenvalue weighted by Crippen LogP contribution is 2.40. The Labute approximate surface area is 217 Å². The van der Waals surface area contributed by atoms with E-state index in [0.29, 0.717) is 39.5 Å². The molecule has 9 nitrogen and oxygen atoms in total. The number of amides is 2. The Kier molecular flexibility index (Phi) is 7.71. The summed E-state index contributed by atoms with van der Waals surface area (Å²) >= 11 is 0. The molecule has 1 fully saturated rings. The zero-order valence-corrected chi connectivity index (χ0v) is 21.8. The molecule has 0 bridgehead atoms. The van der Waals surface area contributed by atoms with Gasteiger partial charge < -0.3 is 28.8 Å². The van der Waals surface area contributed by atoms with Gasteiger partial charge >= 0.3 is 6.03 Å². The summed E-state index contributed by atoms with van der Waals surface area (Å²) in [6, 6.07) is 10.2. The molecule has 5 rings (SSSR count). The number of hydrogen-bond acceptors (Lipinski definition) is 6. The zero-order valence-electron chi connectivity index (χ0n) is 21.8. The first-order chi connectivity index (χ1) is 18.1. The van der Waals surface area contributed by atoms with Gasteiger partial charge in [0, 0.05) is 36.7 Å². The fourth-order valence-corrected chi connectivity index (χ4v) is 5.33. The van der Waals surface area contributed by atoms with Gasteiger partial charge in [-0.2, -0.15) is 0 Å². The first kappa shape index (κ1) is 25.2. The van der Waals surface area contributed by atoms with Gasteiger partial charge in [0.15, 0.2) is 11.5 Å². The van der Waals surface area contributed by atoms with Crippen LogP contribution in [0.5, 0.6) is 17.2 Å². The normalized spacial score (nSPS) is 17.9. The number of hydrogen-bond donors (Lipinski definition) is 2. The number of urea groups is 1. The fourth-order valence-electron chi connectivity index (χ4n) is 5.33. The smallest absolute Gasteiger partial charge is 0.332 e. The molecule has 2 aromatic carbocycles. The fraction of sp³-hybridized carbons (Fsp3) is 0.464. The summed E-state index contributed by atoms with van der Waals surface area (Å²) in [6.45, 7) is 5.58. The Morgan fingerprint density at radius 3 is 2.70 bits per heavy atom. The van der Waals surface area contributed by atoms with Crippen molar-refractivity contribution >= 4 is 16.9 Å². The molecule has 0 saturated carbocycles. The molecule has 0 spiro atoms. The summed E-state index contributed by atoms with van der Waals surface area (Å²) in [4.78, 5) is 18.3. The molecule has 0 aliphatic carbocycles. The average Bonchev–Trinajstić information content (AvgIpc) is 3.34. The Morgan fingerprint density at radius 2 is 1.95 bits per heavy atom. The van der Waals surface area contributed by atoms with Crippen LogP contribution < -0.4 is 19.6 Å². The number of morpholine rings is 1. The van der Waals surface area contributed by atoms with Crippen LogP contribution in [0, 0.1) is 0 Å². The summed E-state index contributed by atoms with van der Waals surface area (Å²) in [5.74, 6) is 2.31. The van der Waals surface area contributed by atoms with E-state index in [2.05, 4.69) is 39.8 Å². The SMILES string of the molecule is CCOc1cc2c(cc1OC)CCN(NC(=O)N1CCOCC1)C2CCc1c[nH]c2ccc(OC)cc12. The van der Waals surface area contributed by atoms with Crippen molar-refractivity contribution in [2.45, 2.75) is 32.2 Å². The lowest BCUT2D eigenvalue weighted by molar-refractivity contribution is 0.0397. The molecular formula is C28H36N4O5. The zero-order chi connectivity index (χ0) is 25.8. The number of aryl methyl sites for hydroxylation is 1. The molecule has 2 N–H and O–H groups in total. The van der Waals surface area contributed by atoms with E-state index in [4.69, 9.17) is 18.9 Å². The van der Waals surface area contributed by atoms with Crippen LogP contribution in [0.25, 0.3) is 10.9 Å². The van der Waals surface area contributed by atoms with E-state index >= 15 is 0 Å². The monoisotopic (exact) mass is 508 g/mol. The minimum atomic E-state index is -0.0767. The summed E-state index contributed by atoms with van der Waals surface area (Å²) in [5.41, 5.74) is 7.90. The molecule has 1 unspecified atom stereocenters. The van der Waals surface area contributed by atoms with Crippen LogP contribution in [0.2, 0.25) is 0 Å². The minimum absolute atomic E-state index is 0.0191. The number of methoxy groups -OCH3 is 2. The minimum Gasteiger partial charge on any atom is -0.497 e. The van der Waals surface area contributed by atoms with Crippen LogP contribution in [0.4, 0.5) is 4.79 Å². The Bertz CT molecular complexity index is 1240. The van der Waals surface area contributed by atoms with E-state index in [1.165, 1.54) is 11.1 Å². The second-order valence-corrected chi connectivity index (χ2v) is 9.37. The first-order valence-corrected chi connectivity index (χ1v) is 13.0. The number of carbonyl (C=O) groups excluding carboxylic acids is 1. The second-order valence-electron chi connectivity index (χ2n) is 9.37. The number of rotatable bonds is 8. The lowest BCUT2D eigenvalue weighted by Gasteiger charge is -2.39. The van der Waals surface area contributed by atoms with Crippen LogP contribution in [0.3, 0.4) is 0 Å². The van der Waals surface area contributed by atoms with Gasteiger partial charge in [-0.05, 0) is 73.2 Å². The van der Waals surface area contributed by atoms with Crippen LogP contribution in [0.1, 0.15) is 36.1 Å². The number of nitrogens with zero attached hydrogens (tertiary/aromatic N) is 2. The van der Waals surface area contributed by atoms with Crippen molar-refractivity contribution in [3.8, 4) is 17.2 Å². The summed E-state index contributed by atoms with van der Waals surface area (Å²) in [6.07, 6.45) is 4.53. The predicted octanol–water partition coefficient (Wildman–Crippen LogP) is 4.07. The quantitative estimate of drug-likeness (QED) is 0.477. The molecule has 0 radical (unpaired) electrons. The number of aromatic amines is 1. The van der Waals surface area contributed by atoms with Gasteiger partial charge in [-0.15, -0.1) is 0 Å². The van der Waals surface area contributed by atoms with Crippen molar-refractivity contribution < 1.29 is 23.7 Å². The van der Waals surface area contributed by atoms with Gasteiger partial charge in [-0.1, -0.05) is 0 Å². The molecule has 37 heavy (non-hydrogen) atoms. The largest absolute Gasteiger partial charge is 0.497 e. The molecular weight excluding hydrogens is 472 g/mol. The van der Waals surface area contributed by atoms with Crippen molar-refractivity contribution in [3.05, 3.63) is 53.2 Å². The Morgan fingerprint density at radius 1 is 1.11 bits per heavy atom. The maximum Gasteiger partial charge on any atom is 0.332 e. The standard InChI is InChI=1S/C28H36N4O5/c1-4-37-27-17-23-19(15-26(27)35-3)9-10-32(30-28(33)31-11-13-36-14-12-31)25(23)8-5-20-18-29-24-7-6-21(34-2)16-22(20)24/h6-7,15-18,25,29H,4-5,8-14H2,1-3H3,(H,30,33). The molecule has 9 heteroatoms. The lowest BCUT2D eigenvalue weighted by Crippen LogP contribution is -2.54. The molecule has 3 aromatic rings. The maximum absolute atomic E-state index is 13.1. The number of hydrazine groups is 1. The van der Waals surface area contributed by atoms with E-state index in [-0.39, 0.29) is 12.1 Å². The highest BCUT2D eigenvalue weighted by atomic mass is 16.5. The summed E-state index contributed by atoms with van der Waals surface area (Å²) in [5, 5.41) is 3.25. The van der Waals surface area contributed by atoms with Crippen LogP contribution in [0.15, 0.2) is 36.5 Å². The third-order valence-corrected chi connectivity index (χ3v) is 7.28. The van der Waals surface area contributed by atoms with Crippen molar-refractivity contribution in [1.82, 2.24) is 20.3 Å². The number of nitrogens with one attached hydrogen (secondary N) is 2. The number of carbonyl (C=O) groups is 1. The molecule has 1 saturated heterocycles.